The molecule has 0 bridgehead atoms. The first-order valence-corrected chi connectivity index (χ1v) is 18.2. The van der Waals surface area contributed by atoms with Crippen LogP contribution in [-0.4, -0.2) is 50.7 Å². The predicted molar refractivity (Wildman–Crippen MR) is 203 cm³/mol. The molecular weight excluding hydrogens is 608 g/mol. The smallest absolute Gasteiger partial charge is 0.119 e. The lowest BCUT2D eigenvalue weighted by Crippen LogP contribution is -2.27. The van der Waals surface area contributed by atoms with Crippen LogP contribution in [0.3, 0.4) is 0 Å². The summed E-state index contributed by atoms with van der Waals surface area (Å²) < 4.78 is 17.1. The van der Waals surface area contributed by atoms with Crippen LogP contribution in [0.15, 0.2) is 72.8 Å². The number of rotatable bonds is 18. The van der Waals surface area contributed by atoms with E-state index in [1.54, 1.807) is 0 Å². The van der Waals surface area contributed by atoms with Gasteiger partial charge in [0.05, 0.1) is 6.61 Å². The van der Waals surface area contributed by atoms with Gasteiger partial charge in [-0.1, -0.05) is 90.1 Å². The summed E-state index contributed by atoms with van der Waals surface area (Å²) in [6.45, 7) is 15.3. The van der Waals surface area contributed by atoms with E-state index >= 15 is 0 Å². The zero-order chi connectivity index (χ0) is 35.0. The van der Waals surface area contributed by atoms with Crippen molar-refractivity contribution in [3.8, 4) is 11.5 Å². The molecule has 6 nitrogen and oxygen atoms in total. The number of nitrogens with one attached hydrogen (secondary N) is 2. The maximum Gasteiger partial charge on any atom is 0.119 e. The lowest BCUT2D eigenvalue weighted by Gasteiger charge is -2.26. The fraction of sp³-hybridized carbons (Fsp3) is 0.442. The highest BCUT2D eigenvalue weighted by atomic mass is 16.6. The van der Waals surface area contributed by atoms with Crippen LogP contribution in [0.25, 0.3) is 0 Å². The van der Waals surface area contributed by atoms with E-state index in [4.69, 9.17) is 14.2 Å². The summed E-state index contributed by atoms with van der Waals surface area (Å²) >= 11 is 0. The Balaban J connectivity index is 1.17. The molecule has 1 aliphatic rings. The fourth-order valence-corrected chi connectivity index (χ4v) is 6.71. The third-order valence-corrected chi connectivity index (χ3v) is 9.85. The summed E-state index contributed by atoms with van der Waals surface area (Å²) in [6, 6.07) is 25.9. The van der Waals surface area contributed by atoms with Crippen LogP contribution in [-0.2, 0) is 42.3 Å². The molecule has 2 unspecified atom stereocenters. The molecule has 2 atom stereocenters. The minimum Gasteiger partial charge on any atom is -0.491 e. The third-order valence-electron chi connectivity index (χ3n) is 9.85. The van der Waals surface area contributed by atoms with Crippen LogP contribution in [0, 0.1) is 0 Å². The number of aliphatic hydroxyl groups is 1. The molecule has 0 radical (unpaired) electrons. The van der Waals surface area contributed by atoms with Crippen molar-refractivity contribution in [2.75, 3.05) is 44.0 Å². The first kappa shape index (κ1) is 36.3. The van der Waals surface area contributed by atoms with Crippen molar-refractivity contribution in [1.29, 1.82) is 0 Å². The Morgan fingerprint density at radius 1 is 0.735 bits per heavy atom. The topological polar surface area (TPSA) is 75.3 Å². The van der Waals surface area contributed by atoms with E-state index in [0.29, 0.717) is 13.2 Å². The van der Waals surface area contributed by atoms with Crippen molar-refractivity contribution in [2.45, 2.75) is 91.3 Å². The molecule has 0 spiro atoms. The number of aryl methyl sites for hydroxylation is 4. The zero-order valence-electron chi connectivity index (χ0n) is 30.6. The Hall–Kier alpha value is -4.00. The zero-order valence-corrected chi connectivity index (χ0v) is 30.6. The molecular formula is C43H56N2O4. The molecule has 0 saturated carbocycles. The summed E-state index contributed by atoms with van der Waals surface area (Å²) in [7, 11) is 2.02. The number of benzene rings is 4. The minimum absolute atomic E-state index is 0.183. The molecule has 1 aliphatic heterocycles. The maximum absolute atomic E-state index is 10.9. The average molecular weight is 665 g/mol. The van der Waals surface area contributed by atoms with Crippen LogP contribution >= 0.6 is 0 Å². The van der Waals surface area contributed by atoms with Gasteiger partial charge in [-0.05, 0) is 101 Å². The molecule has 5 rings (SSSR count). The number of epoxide rings is 1. The maximum atomic E-state index is 10.9. The average Bonchev–Trinajstić information content (AvgIpc) is 3.96. The third kappa shape index (κ3) is 9.17. The summed E-state index contributed by atoms with van der Waals surface area (Å²) in [6.07, 6.45) is 4.38. The van der Waals surface area contributed by atoms with E-state index in [1.807, 2.05) is 31.3 Å². The molecule has 262 valence electrons. The van der Waals surface area contributed by atoms with Gasteiger partial charge in [0.25, 0.3) is 0 Å². The Bertz CT molecular complexity index is 1610. The second kappa shape index (κ2) is 16.6. The van der Waals surface area contributed by atoms with Gasteiger partial charge >= 0.3 is 0 Å². The largest absolute Gasteiger partial charge is 0.491 e. The van der Waals surface area contributed by atoms with E-state index in [1.165, 1.54) is 50.2 Å². The van der Waals surface area contributed by atoms with Gasteiger partial charge < -0.3 is 30.0 Å². The first-order chi connectivity index (χ1) is 23.7. The Kier molecular flexibility index (Phi) is 12.3. The molecule has 1 saturated heterocycles. The summed E-state index contributed by atoms with van der Waals surface area (Å²) in [4.78, 5) is 0. The van der Waals surface area contributed by atoms with Crippen LogP contribution in [0.2, 0.25) is 0 Å². The van der Waals surface area contributed by atoms with Crippen molar-refractivity contribution in [1.82, 2.24) is 0 Å². The van der Waals surface area contributed by atoms with Gasteiger partial charge in [-0.2, -0.15) is 0 Å². The lowest BCUT2D eigenvalue weighted by atomic mass is 9.78. The number of ether oxygens (including phenoxy) is 3. The second-order valence-corrected chi connectivity index (χ2v) is 13.7. The standard InChI is InChI=1S/C43H56N2O4/c1-8-31-21-29(22-32(9-2)41(31)44-7)20-30-23-33(10-3)42(34(11-4)24-30)45-25-37(46)26-47-38-16-12-35(13-17-38)43(5,6)36-14-18-39(19-15-36)48-27-40-28-49-40/h12-19,21-24,37,40,44-46H,8-11,20,25-28H2,1-7H3. The number of hydrogen-bond acceptors (Lipinski definition) is 6. The SMILES string of the molecule is CCc1cc(Cc2cc(CC)c(NCC(O)COc3ccc(C(C)(C)c4ccc(OCC5CO5)cc4)cc3)c(CC)c2)cc(CC)c1NC. The molecule has 0 amide bonds. The van der Waals surface area contributed by atoms with E-state index in [9.17, 15) is 5.11 Å². The molecule has 4 aromatic rings. The molecule has 49 heavy (non-hydrogen) atoms. The Morgan fingerprint density at radius 2 is 1.18 bits per heavy atom. The van der Waals surface area contributed by atoms with E-state index in [2.05, 4.69) is 101 Å². The van der Waals surface area contributed by atoms with Gasteiger partial charge in [0.1, 0.15) is 36.9 Å². The number of anilines is 2. The lowest BCUT2D eigenvalue weighted by molar-refractivity contribution is 0.117. The van der Waals surface area contributed by atoms with Gasteiger partial charge in [0.2, 0.25) is 0 Å². The highest BCUT2D eigenvalue weighted by Crippen LogP contribution is 2.34. The summed E-state index contributed by atoms with van der Waals surface area (Å²) in [5.74, 6) is 1.61. The monoisotopic (exact) mass is 664 g/mol. The Morgan fingerprint density at radius 3 is 1.61 bits per heavy atom. The quantitative estimate of drug-likeness (QED) is 0.0927. The summed E-state index contributed by atoms with van der Waals surface area (Å²) in [5.41, 5.74) is 12.7. The molecule has 1 fully saturated rings. The molecule has 3 N–H and O–H groups in total. The van der Waals surface area contributed by atoms with E-state index in [-0.39, 0.29) is 18.1 Å². The van der Waals surface area contributed by atoms with Crippen molar-refractivity contribution >= 4 is 11.4 Å². The number of aliphatic hydroxyl groups excluding tert-OH is 1. The van der Waals surface area contributed by atoms with E-state index in [0.717, 1.165) is 55.9 Å². The molecule has 1 heterocycles. The van der Waals surface area contributed by atoms with Crippen LogP contribution in [0.5, 0.6) is 11.5 Å². The van der Waals surface area contributed by atoms with Gasteiger partial charge in [-0.3, -0.25) is 0 Å². The van der Waals surface area contributed by atoms with Gasteiger partial charge in [-0.25, -0.2) is 0 Å². The van der Waals surface area contributed by atoms with Gasteiger partial charge in [-0.15, -0.1) is 0 Å². The predicted octanol–water partition coefficient (Wildman–Crippen LogP) is 8.52. The Labute approximate surface area is 294 Å². The number of hydrogen-bond donors (Lipinski definition) is 3. The van der Waals surface area contributed by atoms with Crippen LogP contribution in [0.4, 0.5) is 11.4 Å². The molecule has 0 aliphatic carbocycles. The van der Waals surface area contributed by atoms with Crippen molar-refractivity contribution in [2.24, 2.45) is 0 Å². The van der Waals surface area contributed by atoms with Crippen LogP contribution in [0.1, 0.15) is 86.1 Å². The highest BCUT2D eigenvalue weighted by Gasteiger charge is 2.25. The normalized spacial score (nSPS) is 14.7. The van der Waals surface area contributed by atoms with E-state index < -0.39 is 6.10 Å². The van der Waals surface area contributed by atoms with Gasteiger partial charge in [0.15, 0.2) is 0 Å². The van der Waals surface area contributed by atoms with Crippen molar-refractivity contribution in [3.05, 3.63) is 117 Å². The first-order valence-electron chi connectivity index (χ1n) is 18.2. The minimum atomic E-state index is -0.650. The molecule has 0 aromatic heterocycles. The van der Waals surface area contributed by atoms with Gasteiger partial charge in [0, 0.05) is 30.4 Å². The van der Waals surface area contributed by atoms with Crippen LogP contribution < -0.4 is 20.1 Å². The highest BCUT2D eigenvalue weighted by molar-refractivity contribution is 5.62. The second-order valence-electron chi connectivity index (χ2n) is 13.7. The summed E-state index contributed by atoms with van der Waals surface area (Å²) in [5, 5.41) is 17.9. The molecule has 4 aromatic carbocycles. The van der Waals surface area contributed by atoms with Crippen molar-refractivity contribution < 1.29 is 19.3 Å². The fourth-order valence-electron chi connectivity index (χ4n) is 6.71. The van der Waals surface area contributed by atoms with Crippen molar-refractivity contribution in [3.63, 3.8) is 0 Å². The molecule has 6 heteroatoms.